The SMILES string of the molecule is COc1ccc(Nc2ccc(C(=O)N3CCCC3)cn2)cc1OC. The molecule has 1 N–H and O–H groups in total. The molecule has 1 fully saturated rings. The minimum absolute atomic E-state index is 0.0534. The van der Waals surface area contributed by atoms with Crippen LogP contribution in [0.1, 0.15) is 23.2 Å². The molecule has 0 spiro atoms. The molecule has 2 heterocycles. The monoisotopic (exact) mass is 327 g/mol. The lowest BCUT2D eigenvalue weighted by Crippen LogP contribution is -2.27. The lowest BCUT2D eigenvalue weighted by molar-refractivity contribution is 0.0792. The number of methoxy groups -OCH3 is 2. The van der Waals surface area contributed by atoms with Crippen LogP contribution in [0.2, 0.25) is 0 Å². The number of hydrogen-bond donors (Lipinski definition) is 1. The number of carbonyl (C=O) groups excluding carboxylic acids is 1. The third-order valence-electron chi connectivity index (χ3n) is 4.06. The van der Waals surface area contributed by atoms with E-state index in [1.807, 2.05) is 23.1 Å². The molecule has 1 aliphatic rings. The molecule has 0 aliphatic carbocycles. The molecule has 0 atom stereocenters. The minimum Gasteiger partial charge on any atom is -0.493 e. The topological polar surface area (TPSA) is 63.7 Å². The summed E-state index contributed by atoms with van der Waals surface area (Å²) in [6.45, 7) is 1.68. The molecule has 0 bridgehead atoms. The van der Waals surface area contributed by atoms with E-state index in [9.17, 15) is 4.79 Å². The Balaban J connectivity index is 1.71. The fourth-order valence-electron chi connectivity index (χ4n) is 2.76. The van der Waals surface area contributed by atoms with Crippen LogP contribution in [0.15, 0.2) is 36.5 Å². The molecule has 1 aromatic heterocycles. The number of carbonyl (C=O) groups is 1. The number of hydrogen-bond acceptors (Lipinski definition) is 5. The van der Waals surface area contributed by atoms with E-state index in [4.69, 9.17) is 9.47 Å². The zero-order valence-corrected chi connectivity index (χ0v) is 13.9. The lowest BCUT2D eigenvalue weighted by atomic mass is 10.2. The zero-order chi connectivity index (χ0) is 16.9. The van der Waals surface area contributed by atoms with Crippen molar-refractivity contribution in [1.82, 2.24) is 9.88 Å². The molecule has 6 nitrogen and oxygen atoms in total. The van der Waals surface area contributed by atoms with Crippen molar-refractivity contribution >= 4 is 17.4 Å². The molecular weight excluding hydrogens is 306 g/mol. The molecule has 126 valence electrons. The summed E-state index contributed by atoms with van der Waals surface area (Å²) in [5.74, 6) is 2.03. The van der Waals surface area contributed by atoms with Gasteiger partial charge in [0.25, 0.3) is 5.91 Å². The van der Waals surface area contributed by atoms with Crippen molar-refractivity contribution in [3.05, 3.63) is 42.1 Å². The average molecular weight is 327 g/mol. The maximum Gasteiger partial charge on any atom is 0.255 e. The Morgan fingerprint density at radius 2 is 1.83 bits per heavy atom. The largest absolute Gasteiger partial charge is 0.493 e. The standard InChI is InChI=1S/C18H21N3O3/c1-23-15-7-6-14(11-16(15)24-2)20-17-8-5-13(12-19-17)18(22)21-9-3-4-10-21/h5-8,11-12H,3-4,9-10H2,1-2H3,(H,19,20). The van der Waals surface area contributed by atoms with Gasteiger partial charge in [0.15, 0.2) is 11.5 Å². The van der Waals surface area contributed by atoms with E-state index >= 15 is 0 Å². The van der Waals surface area contributed by atoms with Crippen LogP contribution in [0.25, 0.3) is 0 Å². The summed E-state index contributed by atoms with van der Waals surface area (Å²) in [6.07, 6.45) is 3.78. The van der Waals surface area contributed by atoms with Crippen molar-refractivity contribution in [2.45, 2.75) is 12.8 Å². The van der Waals surface area contributed by atoms with Crippen molar-refractivity contribution < 1.29 is 14.3 Å². The Morgan fingerprint density at radius 1 is 1.08 bits per heavy atom. The Morgan fingerprint density at radius 3 is 2.46 bits per heavy atom. The van der Waals surface area contributed by atoms with Crippen LogP contribution >= 0.6 is 0 Å². The zero-order valence-electron chi connectivity index (χ0n) is 13.9. The van der Waals surface area contributed by atoms with Gasteiger partial charge in [0, 0.05) is 31.0 Å². The van der Waals surface area contributed by atoms with Crippen LogP contribution in [0, 0.1) is 0 Å². The molecule has 1 saturated heterocycles. The van der Waals surface area contributed by atoms with Crippen molar-refractivity contribution in [3.63, 3.8) is 0 Å². The first-order chi connectivity index (χ1) is 11.7. The molecule has 0 saturated carbocycles. The molecule has 2 aromatic rings. The fraction of sp³-hybridized carbons (Fsp3) is 0.333. The van der Waals surface area contributed by atoms with Crippen LogP contribution in [0.5, 0.6) is 11.5 Å². The van der Waals surface area contributed by atoms with Crippen molar-refractivity contribution in [1.29, 1.82) is 0 Å². The number of anilines is 2. The van der Waals surface area contributed by atoms with Gasteiger partial charge in [-0.1, -0.05) is 0 Å². The maximum absolute atomic E-state index is 12.3. The minimum atomic E-state index is 0.0534. The highest BCUT2D eigenvalue weighted by atomic mass is 16.5. The van der Waals surface area contributed by atoms with Crippen molar-refractivity contribution in [3.8, 4) is 11.5 Å². The number of pyridine rings is 1. The van der Waals surface area contributed by atoms with Crippen LogP contribution < -0.4 is 14.8 Å². The lowest BCUT2D eigenvalue weighted by Gasteiger charge is -2.15. The third kappa shape index (κ3) is 3.42. The number of nitrogens with zero attached hydrogens (tertiary/aromatic N) is 2. The second-order valence-electron chi connectivity index (χ2n) is 5.63. The number of ether oxygens (including phenoxy) is 2. The second kappa shape index (κ2) is 7.21. The summed E-state index contributed by atoms with van der Waals surface area (Å²) in [5.41, 5.74) is 1.45. The third-order valence-corrected chi connectivity index (χ3v) is 4.06. The number of nitrogens with one attached hydrogen (secondary N) is 1. The Labute approximate surface area is 141 Å². The van der Waals surface area contributed by atoms with Crippen LogP contribution in [0.3, 0.4) is 0 Å². The van der Waals surface area contributed by atoms with E-state index in [1.54, 1.807) is 32.5 Å². The molecule has 1 amide bonds. The highest BCUT2D eigenvalue weighted by Crippen LogP contribution is 2.30. The fourth-order valence-corrected chi connectivity index (χ4v) is 2.76. The predicted octanol–water partition coefficient (Wildman–Crippen LogP) is 3.08. The van der Waals surface area contributed by atoms with Gasteiger partial charge in [0.05, 0.1) is 19.8 Å². The van der Waals surface area contributed by atoms with Gasteiger partial charge in [-0.2, -0.15) is 0 Å². The Bertz CT molecular complexity index is 710. The van der Waals surface area contributed by atoms with E-state index in [-0.39, 0.29) is 5.91 Å². The van der Waals surface area contributed by atoms with E-state index in [1.165, 1.54) is 0 Å². The molecular formula is C18H21N3O3. The summed E-state index contributed by atoms with van der Waals surface area (Å²) < 4.78 is 10.5. The van der Waals surface area contributed by atoms with Gasteiger partial charge in [-0.3, -0.25) is 4.79 Å². The summed E-state index contributed by atoms with van der Waals surface area (Å²) >= 11 is 0. The van der Waals surface area contributed by atoms with Crippen LogP contribution in [-0.4, -0.2) is 43.1 Å². The molecule has 0 unspecified atom stereocenters. The smallest absolute Gasteiger partial charge is 0.255 e. The summed E-state index contributed by atoms with van der Waals surface area (Å²) in [7, 11) is 3.20. The Kier molecular flexibility index (Phi) is 4.84. The van der Waals surface area contributed by atoms with Gasteiger partial charge in [-0.15, -0.1) is 0 Å². The first-order valence-corrected chi connectivity index (χ1v) is 7.95. The molecule has 6 heteroatoms. The van der Waals surface area contributed by atoms with Gasteiger partial charge >= 0.3 is 0 Å². The van der Waals surface area contributed by atoms with E-state index in [0.29, 0.717) is 22.9 Å². The summed E-state index contributed by atoms with van der Waals surface area (Å²) in [5, 5.41) is 3.19. The van der Waals surface area contributed by atoms with Gasteiger partial charge in [0.1, 0.15) is 5.82 Å². The number of rotatable bonds is 5. The van der Waals surface area contributed by atoms with E-state index in [0.717, 1.165) is 31.6 Å². The highest BCUT2D eigenvalue weighted by Gasteiger charge is 2.19. The summed E-state index contributed by atoms with van der Waals surface area (Å²) in [4.78, 5) is 18.5. The summed E-state index contributed by atoms with van der Waals surface area (Å²) in [6, 6.07) is 9.15. The van der Waals surface area contributed by atoms with Gasteiger partial charge < -0.3 is 19.7 Å². The predicted molar refractivity (Wildman–Crippen MR) is 92.2 cm³/mol. The van der Waals surface area contributed by atoms with Crippen molar-refractivity contribution in [2.24, 2.45) is 0 Å². The first-order valence-electron chi connectivity index (χ1n) is 7.95. The molecule has 24 heavy (non-hydrogen) atoms. The normalized spacial score (nSPS) is 13.7. The molecule has 3 rings (SSSR count). The van der Waals surface area contributed by atoms with Crippen LogP contribution in [0.4, 0.5) is 11.5 Å². The number of aromatic nitrogens is 1. The van der Waals surface area contributed by atoms with Gasteiger partial charge in [-0.25, -0.2) is 4.98 Å². The molecule has 1 aliphatic heterocycles. The molecule has 1 aromatic carbocycles. The maximum atomic E-state index is 12.3. The first kappa shape index (κ1) is 16.1. The quantitative estimate of drug-likeness (QED) is 0.914. The number of likely N-dealkylation sites (tertiary alicyclic amines) is 1. The number of benzene rings is 1. The second-order valence-corrected chi connectivity index (χ2v) is 5.63. The van der Waals surface area contributed by atoms with E-state index < -0.39 is 0 Å². The Hall–Kier alpha value is -2.76. The van der Waals surface area contributed by atoms with Crippen molar-refractivity contribution in [2.75, 3.05) is 32.6 Å². The number of amides is 1. The van der Waals surface area contributed by atoms with Crippen LogP contribution in [-0.2, 0) is 0 Å². The van der Waals surface area contributed by atoms with E-state index in [2.05, 4.69) is 10.3 Å². The average Bonchev–Trinajstić information content (AvgIpc) is 3.16. The van der Waals surface area contributed by atoms with Gasteiger partial charge in [-0.05, 0) is 37.1 Å². The highest BCUT2D eigenvalue weighted by molar-refractivity contribution is 5.94. The molecule has 0 radical (unpaired) electrons. The van der Waals surface area contributed by atoms with Gasteiger partial charge in [0.2, 0.25) is 0 Å².